The monoisotopic (exact) mass is 416 g/mol. The van der Waals surface area contributed by atoms with Crippen LogP contribution in [0.15, 0.2) is 60.3 Å². The van der Waals surface area contributed by atoms with E-state index >= 15 is 0 Å². The second-order valence-corrected chi connectivity index (χ2v) is 6.81. The van der Waals surface area contributed by atoms with Gasteiger partial charge < -0.3 is 10.1 Å². The van der Waals surface area contributed by atoms with Crippen LogP contribution in [0.1, 0.15) is 0 Å². The van der Waals surface area contributed by atoms with Crippen LogP contribution in [-0.2, 0) is 11.3 Å². The maximum absolute atomic E-state index is 13.7. The van der Waals surface area contributed by atoms with Crippen molar-refractivity contribution in [1.82, 2.24) is 14.8 Å². The van der Waals surface area contributed by atoms with E-state index < -0.39 is 17.5 Å². The van der Waals surface area contributed by atoms with Crippen LogP contribution in [-0.4, -0.2) is 33.5 Å². The Morgan fingerprint density at radius 1 is 1.28 bits per heavy atom. The number of aromatic nitrogens is 3. The molecule has 3 aromatic rings. The number of thioether (sulfide) groups is 1. The second kappa shape index (κ2) is 9.33. The Morgan fingerprint density at radius 2 is 2.07 bits per heavy atom. The number of benzene rings is 2. The van der Waals surface area contributed by atoms with Crippen LogP contribution in [0.2, 0.25) is 0 Å². The summed E-state index contributed by atoms with van der Waals surface area (Å²) in [5, 5.41) is 11.2. The average Bonchev–Trinajstić information content (AvgIpc) is 3.12. The lowest BCUT2D eigenvalue weighted by atomic mass is 10.2. The number of amides is 1. The zero-order valence-electron chi connectivity index (χ0n) is 15.6. The van der Waals surface area contributed by atoms with E-state index in [4.69, 9.17) is 4.74 Å². The number of carbonyl (C=O) groups is 1. The van der Waals surface area contributed by atoms with Crippen molar-refractivity contribution >= 4 is 23.4 Å². The van der Waals surface area contributed by atoms with Crippen LogP contribution in [0.3, 0.4) is 0 Å². The van der Waals surface area contributed by atoms with Gasteiger partial charge in [-0.2, -0.15) is 0 Å². The van der Waals surface area contributed by atoms with E-state index in [1.54, 1.807) is 17.8 Å². The molecule has 0 saturated heterocycles. The molecule has 1 N–H and O–H groups in total. The van der Waals surface area contributed by atoms with Gasteiger partial charge in [0.05, 0.1) is 24.1 Å². The molecule has 6 nitrogen and oxygen atoms in total. The van der Waals surface area contributed by atoms with Crippen LogP contribution < -0.4 is 10.1 Å². The summed E-state index contributed by atoms with van der Waals surface area (Å²) in [5.41, 5.74) is 0.542. The quantitative estimate of drug-likeness (QED) is 0.441. The smallest absolute Gasteiger partial charge is 0.234 e. The van der Waals surface area contributed by atoms with Gasteiger partial charge in [-0.1, -0.05) is 30.0 Å². The van der Waals surface area contributed by atoms with Crippen molar-refractivity contribution < 1.29 is 18.3 Å². The number of rotatable bonds is 8. The van der Waals surface area contributed by atoms with Gasteiger partial charge in [0.15, 0.2) is 11.0 Å². The molecule has 0 aliphatic rings. The highest BCUT2D eigenvalue weighted by molar-refractivity contribution is 7.99. The highest BCUT2D eigenvalue weighted by atomic mass is 32.2. The van der Waals surface area contributed by atoms with Gasteiger partial charge >= 0.3 is 0 Å². The summed E-state index contributed by atoms with van der Waals surface area (Å²) >= 11 is 1.13. The lowest BCUT2D eigenvalue weighted by Crippen LogP contribution is -2.15. The number of methoxy groups -OCH3 is 1. The first-order chi connectivity index (χ1) is 14.0. The Morgan fingerprint density at radius 3 is 2.83 bits per heavy atom. The van der Waals surface area contributed by atoms with E-state index in [1.165, 1.54) is 0 Å². The van der Waals surface area contributed by atoms with E-state index in [2.05, 4.69) is 22.1 Å². The molecule has 9 heteroatoms. The van der Waals surface area contributed by atoms with Crippen molar-refractivity contribution in [3.8, 4) is 17.1 Å². The van der Waals surface area contributed by atoms with E-state index in [-0.39, 0.29) is 11.4 Å². The number of ether oxygens (including phenoxy) is 1. The number of hydrogen-bond donors (Lipinski definition) is 1. The van der Waals surface area contributed by atoms with Crippen molar-refractivity contribution in [2.45, 2.75) is 11.7 Å². The highest BCUT2D eigenvalue weighted by Gasteiger charge is 2.18. The summed E-state index contributed by atoms with van der Waals surface area (Å²) in [6.07, 6.45) is 1.69. The van der Waals surface area contributed by atoms with Gasteiger partial charge in [-0.05, 0) is 24.3 Å². The molecule has 150 valence electrons. The number of nitrogens with one attached hydrogen (secondary N) is 1. The minimum Gasteiger partial charge on any atom is -0.496 e. The van der Waals surface area contributed by atoms with Crippen molar-refractivity contribution in [2.75, 3.05) is 18.2 Å². The third-order valence-electron chi connectivity index (χ3n) is 3.91. The van der Waals surface area contributed by atoms with Gasteiger partial charge in [-0.3, -0.25) is 9.36 Å². The SMILES string of the molecule is C=CCn1c(SCC(=O)Nc2cc(F)ccc2F)nnc1-c1ccccc1OC. The van der Waals surface area contributed by atoms with Crippen LogP contribution in [0.25, 0.3) is 11.4 Å². The topological polar surface area (TPSA) is 69.0 Å². The normalized spacial score (nSPS) is 10.6. The predicted molar refractivity (Wildman–Crippen MR) is 108 cm³/mol. The molecule has 1 heterocycles. The van der Waals surface area contributed by atoms with E-state index in [1.807, 2.05) is 24.3 Å². The van der Waals surface area contributed by atoms with Crippen LogP contribution in [0, 0.1) is 11.6 Å². The minimum atomic E-state index is -0.710. The molecular weight excluding hydrogens is 398 g/mol. The molecule has 1 amide bonds. The third-order valence-corrected chi connectivity index (χ3v) is 4.88. The Kier molecular flexibility index (Phi) is 6.61. The lowest BCUT2D eigenvalue weighted by molar-refractivity contribution is -0.113. The lowest BCUT2D eigenvalue weighted by Gasteiger charge is -2.10. The van der Waals surface area contributed by atoms with Crippen molar-refractivity contribution in [2.24, 2.45) is 0 Å². The Bertz CT molecular complexity index is 1040. The molecule has 0 radical (unpaired) electrons. The second-order valence-electron chi connectivity index (χ2n) is 5.87. The maximum atomic E-state index is 13.7. The zero-order chi connectivity index (χ0) is 20.8. The van der Waals surface area contributed by atoms with Crippen molar-refractivity contribution in [1.29, 1.82) is 0 Å². The van der Waals surface area contributed by atoms with E-state index in [0.717, 1.165) is 35.5 Å². The Balaban J connectivity index is 1.77. The van der Waals surface area contributed by atoms with Crippen molar-refractivity contribution in [3.63, 3.8) is 0 Å². The largest absolute Gasteiger partial charge is 0.496 e. The molecule has 0 unspecified atom stereocenters. The van der Waals surface area contributed by atoms with Gasteiger partial charge in [0.25, 0.3) is 0 Å². The number of carbonyl (C=O) groups excluding carboxylic acids is 1. The van der Waals surface area contributed by atoms with E-state index in [0.29, 0.717) is 23.3 Å². The first-order valence-corrected chi connectivity index (χ1v) is 9.57. The molecule has 0 atom stereocenters. The first kappa shape index (κ1) is 20.5. The Labute approximate surface area is 170 Å². The number of halogens is 2. The third kappa shape index (κ3) is 4.80. The first-order valence-electron chi connectivity index (χ1n) is 8.58. The van der Waals surface area contributed by atoms with Gasteiger partial charge in [0.2, 0.25) is 5.91 Å². The summed E-state index contributed by atoms with van der Waals surface area (Å²) in [6.45, 7) is 4.17. The molecule has 2 aromatic carbocycles. The summed E-state index contributed by atoms with van der Waals surface area (Å²) in [6, 6.07) is 10.3. The summed E-state index contributed by atoms with van der Waals surface area (Å²) in [4.78, 5) is 12.2. The summed E-state index contributed by atoms with van der Waals surface area (Å²) in [5.74, 6) is -0.689. The number of nitrogens with zero attached hydrogens (tertiary/aromatic N) is 3. The Hall–Kier alpha value is -3.20. The molecule has 0 saturated carbocycles. The molecule has 29 heavy (non-hydrogen) atoms. The summed E-state index contributed by atoms with van der Waals surface area (Å²) < 4.78 is 34.1. The fourth-order valence-electron chi connectivity index (χ4n) is 2.63. The van der Waals surface area contributed by atoms with Gasteiger partial charge in [-0.15, -0.1) is 16.8 Å². The molecule has 0 aliphatic carbocycles. The van der Waals surface area contributed by atoms with Crippen LogP contribution in [0.5, 0.6) is 5.75 Å². The van der Waals surface area contributed by atoms with Gasteiger partial charge in [0, 0.05) is 12.6 Å². The predicted octanol–water partition coefficient (Wildman–Crippen LogP) is 4.15. The summed E-state index contributed by atoms with van der Waals surface area (Å²) in [7, 11) is 1.57. The number of hydrogen-bond acceptors (Lipinski definition) is 5. The maximum Gasteiger partial charge on any atom is 0.234 e. The molecule has 0 bridgehead atoms. The minimum absolute atomic E-state index is 0.0584. The highest BCUT2D eigenvalue weighted by Crippen LogP contribution is 2.31. The zero-order valence-corrected chi connectivity index (χ0v) is 16.4. The fourth-order valence-corrected chi connectivity index (χ4v) is 3.38. The number of allylic oxidation sites excluding steroid dienone is 1. The standard InChI is InChI=1S/C20H18F2N4O2S/c1-3-10-26-19(14-6-4-5-7-17(14)28-2)24-25-20(26)29-12-18(27)23-16-11-13(21)8-9-15(16)22/h3-9,11H,1,10,12H2,2H3,(H,23,27). The van der Waals surface area contributed by atoms with Crippen LogP contribution in [0.4, 0.5) is 14.5 Å². The molecule has 0 fully saturated rings. The molecule has 1 aromatic heterocycles. The van der Waals surface area contributed by atoms with Gasteiger partial charge in [-0.25, -0.2) is 8.78 Å². The van der Waals surface area contributed by atoms with Crippen LogP contribution >= 0.6 is 11.8 Å². The van der Waals surface area contributed by atoms with Crippen molar-refractivity contribution in [3.05, 3.63) is 66.8 Å². The number of para-hydroxylation sites is 1. The molecule has 0 aliphatic heterocycles. The van der Waals surface area contributed by atoms with Gasteiger partial charge in [0.1, 0.15) is 17.4 Å². The number of anilines is 1. The molecule has 0 spiro atoms. The van der Waals surface area contributed by atoms with E-state index in [9.17, 15) is 13.6 Å². The fraction of sp³-hybridized carbons (Fsp3) is 0.150. The average molecular weight is 416 g/mol. The molecule has 3 rings (SSSR count). The molecular formula is C20H18F2N4O2S.